The average Bonchev–Trinajstić information content (AvgIpc) is 1.36. The van der Waals surface area contributed by atoms with E-state index in [2.05, 4.69) is 331 Å². The zero-order chi connectivity index (χ0) is 66.1. The largest absolute Gasteiger partial charge is 0.309 e. The fourth-order valence-corrected chi connectivity index (χ4v) is 14.5. The average molecular weight is 1210 g/mol. The molecule has 13 rings (SSSR count). The van der Waals surface area contributed by atoms with E-state index < -0.39 is 0 Å². The number of nitriles is 1. The minimum Gasteiger partial charge on any atom is -0.309 e. The van der Waals surface area contributed by atoms with Crippen molar-refractivity contribution < 1.29 is 0 Å². The van der Waals surface area contributed by atoms with E-state index in [9.17, 15) is 5.26 Å². The molecule has 3 nitrogen and oxygen atoms in total. The molecule has 466 valence electrons. The van der Waals surface area contributed by atoms with Crippen molar-refractivity contribution in [1.82, 2.24) is 9.13 Å². The van der Waals surface area contributed by atoms with Gasteiger partial charge in [-0.2, -0.15) is 5.26 Å². The summed E-state index contributed by atoms with van der Waals surface area (Å²) in [6.45, 7) is 50.9. The summed E-state index contributed by atoms with van der Waals surface area (Å²) < 4.78 is 5.05. The fraction of sp³-hybridized carbons (Fsp3) is 0.337. The van der Waals surface area contributed by atoms with Crippen molar-refractivity contribution in [2.75, 3.05) is 0 Å². The highest BCUT2D eigenvalue weighted by molar-refractivity contribution is 6.18. The van der Waals surface area contributed by atoms with Gasteiger partial charge in [-0.15, -0.1) is 0 Å². The van der Waals surface area contributed by atoms with Crippen LogP contribution in [0.4, 0.5) is 0 Å². The molecule has 0 bridgehead atoms. The zero-order valence-corrected chi connectivity index (χ0v) is 59.1. The minimum absolute atomic E-state index is 0.0362. The molecule has 1 aliphatic rings. The quantitative estimate of drug-likeness (QED) is 0.162. The molecule has 0 N–H and O–H groups in total. The number of allylic oxidation sites excluding steroid dienone is 1. The van der Waals surface area contributed by atoms with Crippen LogP contribution in [0.2, 0.25) is 0 Å². The normalized spacial score (nSPS) is 14.2. The van der Waals surface area contributed by atoms with Crippen molar-refractivity contribution in [1.29, 1.82) is 5.26 Å². The molecule has 2 aromatic heterocycles. The smallest absolute Gasteiger partial charge is 0.101 e. The summed E-state index contributed by atoms with van der Waals surface area (Å²) in [7, 11) is 0. The van der Waals surface area contributed by atoms with Crippen molar-refractivity contribution in [3.05, 3.63) is 224 Å². The summed E-state index contributed by atoms with van der Waals surface area (Å²) in [5.74, 6) is 0. The van der Waals surface area contributed by atoms with Gasteiger partial charge in [-0.3, -0.25) is 0 Å². The van der Waals surface area contributed by atoms with Crippen molar-refractivity contribution >= 4 is 76.8 Å². The summed E-state index contributed by atoms with van der Waals surface area (Å²) in [4.78, 5) is 0. The first-order chi connectivity index (χ1) is 42.9. The lowest BCUT2D eigenvalue weighted by Crippen LogP contribution is -2.15. The molecule has 12 aromatic rings. The molecule has 3 heteroatoms. The topological polar surface area (TPSA) is 33.6 Å². The lowest BCUT2D eigenvalue weighted by atomic mass is 9.75. The van der Waals surface area contributed by atoms with Gasteiger partial charge >= 0.3 is 0 Å². The van der Waals surface area contributed by atoms with Crippen LogP contribution in [0.5, 0.6) is 0 Å². The summed E-state index contributed by atoms with van der Waals surface area (Å²) in [5, 5.41) is 22.5. The first-order valence-electron chi connectivity index (χ1n) is 33.7. The van der Waals surface area contributed by atoms with E-state index in [4.69, 9.17) is 0 Å². The van der Waals surface area contributed by atoms with Gasteiger partial charge in [-0.25, -0.2) is 0 Å². The van der Waals surface area contributed by atoms with Gasteiger partial charge in [-0.05, 0) is 218 Å². The number of fused-ring (bicyclic) bond motifs is 12. The Balaban J connectivity index is 1.28. The maximum atomic E-state index is 13.1. The Kier molecular flexibility index (Phi) is 14.3. The van der Waals surface area contributed by atoms with Gasteiger partial charge in [-0.1, -0.05) is 242 Å². The fourth-order valence-electron chi connectivity index (χ4n) is 14.5. The van der Waals surface area contributed by atoms with Crippen LogP contribution in [-0.4, -0.2) is 9.13 Å². The molecule has 1 aliphatic carbocycles. The van der Waals surface area contributed by atoms with Gasteiger partial charge in [0.05, 0.1) is 39.0 Å². The summed E-state index contributed by atoms with van der Waals surface area (Å²) >= 11 is 0. The number of aromatic nitrogens is 2. The van der Waals surface area contributed by atoms with Crippen LogP contribution in [-0.2, 0) is 44.3 Å². The second kappa shape index (κ2) is 21.0. The molecule has 0 radical (unpaired) electrons. The Morgan fingerprint density at radius 2 is 0.728 bits per heavy atom. The van der Waals surface area contributed by atoms with Gasteiger partial charge in [0.15, 0.2) is 0 Å². The minimum atomic E-state index is -0.115. The van der Waals surface area contributed by atoms with Crippen LogP contribution in [0.1, 0.15) is 212 Å². The lowest BCUT2D eigenvalue weighted by Gasteiger charge is -2.29. The predicted molar refractivity (Wildman–Crippen MR) is 399 cm³/mol. The van der Waals surface area contributed by atoms with Crippen LogP contribution in [0, 0.1) is 18.3 Å². The highest BCUT2D eigenvalue weighted by atomic mass is 15.0. The molecule has 0 spiro atoms. The molecule has 0 fully saturated rings. The lowest BCUT2D eigenvalue weighted by molar-refractivity contribution is 0.589. The van der Waals surface area contributed by atoms with Gasteiger partial charge in [0.1, 0.15) is 6.07 Å². The SMILES string of the molecule is Cc1ccc2c(c1)c1cc(C(C)(C)C)ccc1n2-c1cc(-n2c3ccc(C(C)(C)C)cc3c3cc(C(C)(C)C)ccc32)c(/C=C2/Cc3ccc(C(C)(C)C)cc3-c3cc(C(C)(C)C)ccc32)c(C#N)c1-c1cc2ccc(C(C)(C)C)cc2c2cc(C(C)(C)C)ccc12. The van der Waals surface area contributed by atoms with Crippen LogP contribution in [0.15, 0.2) is 158 Å². The highest BCUT2D eigenvalue weighted by Gasteiger charge is 2.32. The van der Waals surface area contributed by atoms with E-state index >= 15 is 0 Å². The van der Waals surface area contributed by atoms with Gasteiger partial charge < -0.3 is 9.13 Å². The molecule has 10 aromatic carbocycles. The number of hydrogen-bond acceptors (Lipinski definition) is 1. The first-order valence-corrected chi connectivity index (χ1v) is 33.7. The number of rotatable bonds is 4. The molecule has 0 amide bonds. The highest BCUT2D eigenvalue weighted by Crippen LogP contribution is 2.51. The first kappa shape index (κ1) is 62.4. The van der Waals surface area contributed by atoms with E-state index in [1.54, 1.807) is 0 Å². The molecule has 92 heavy (non-hydrogen) atoms. The van der Waals surface area contributed by atoms with E-state index in [1.165, 1.54) is 105 Å². The third kappa shape index (κ3) is 10.6. The Hall–Kier alpha value is -8.45. The molecule has 0 unspecified atom stereocenters. The summed E-state index contributed by atoms with van der Waals surface area (Å²) in [6.07, 6.45) is 3.15. The Bertz CT molecular complexity index is 5080. The van der Waals surface area contributed by atoms with Gasteiger partial charge in [0.25, 0.3) is 0 Å². The van der Waals surface area contributed by atoms with E-state index in [0.717, 1.165) is 60.9 Å². The standard InChI is InChI=1S/C89H95N3/c1-52-23-35-76-69(39-52)71-47-60(87(14,15)16)32-38-79(71)92(76)81-50-80(91-77-36-30-61(88(17,18)19)48-72(77)73-49-62(89(20,21)22)31-37-78(73)91)70(42-55-40-53-24-26-56(83(2,3)4)43-65(53)67-45-58(85(8,9)10)28-33-63(55)67)75(51-90)82(81)74-41-54-25-27-57(84(5,6)7)44-66(54)68-46-59(86(11,12)13)29-34-64(68)74/h23-39,41-50H,40H2,1-22H3/b55-42-. The Morgan fingerprint density at radius 3 is 1.22 bits per heavy atom. The Labute approximate surface area is 548 Å². The van der Waals surface area contributed by atoms with Crippen LogP contribution >= 0.6 is 0 Å². The predicted octanol–water partition coefficient (Wildman–Crippen LogP) is 24.9. The maximum Gasteiger partial charge on any atom is 0.101 e. The zero-order valence-electron chi connectivity index (χ0n) is 59.1. The van der Waals surface area contributed by atoms with Crippen LogP contribution < -0.4 is 0 Å². The molecular formula is C89H95N3. The van der Waals surface area contributed by atoms with Gasteiger partial charge in [0, 0.05) is 32.7 Å². The monoisotopic (exact) mass is 1210 g/mol. The third-order valence-corrected chi connectivity index (χ3v) is 20.4. The van der Waals surface area contributed by atoms with Crippen molar-refractivity contribution in [2.24, 2.45) is 0 Å². The number of benzene rings is 10. The molecular weight excluding hydrogens is 1110 g/mol. The Morgan fingerprint density at radius 1 is 0.337 bits per heavy atom. The van der Waals surface area contributed by atoms with Gasteiger partial charge in [0.2, 0.25) is 0 Å². The summed E-state index contributed by atoms with van der Waals surface area (Å²) in [5.41, 5.74) is 25.7. The maximum absolute atomic E-state index is 13.1. The number of aryl methyl sites for hydroxylation is 1. The molecule has 0 aliphatic heterocycles. The summed E-state index contributed by atoms with van der Waals surface area (Å²) in [6, 6.07) is 65.1. The molecule has 0 atom stereocenters. The molecule has 0 saturated heterocycles. The van der Waals surface area contributed by atoms with Crippen molar-refractivity contribution in [2.45, 2.75) is 197 Å². The molecule has 2 heterocycles. The van der Waals surface area contributed by atoms with E-state index in [0.29, 0.717) is 12.0 Å². The molecule has 0 saturated carbocycles. The van der Waals surface area contributed by atoms with E-state index in [1.807, 2.05) is 0 Å². The second-order valence-corrected chi connectivity index (χ2v) is 34.4. The van der Waals surface area contributed by atoms with Crippen molar-refractivity contribution in [3.63, 3.8) is 0 Å². The third-order valence-electron chi connectivity index (χ3n) is 20.4. The van der Waals surface area contributed by atoms with Crippen LogP contribution in [0.3, 0.4) is 0 Å². The van der Waals surface area contributed by atoms with Crippen molar-refractivity contribution in [3.8, 4) is 39.7 Å². The number of nitrogens with zero attached hydrogens (tertiary/aromatic N) is 3. The second-order valence-electron chi connectivity index (χ2n) is 34.4. The number of hydrogen-bond donors (Lipinski definition) is 0. The van der Waals surface area contributed by atoms with E-state index in [-0.39, 0.29) is 37.9 Å². The van der Waals surface area contributed by atoms with Crippen LogP contribution in [0.25, 0.3) is 110 Å².